The molecule has 0 aliphatic heterocycles. The van der Waals surface area contributed by atoms with Crippen molar-refractivity contribution in [3.8, 4) is 0 Å². The van der Waals surface area contributed by atoms with Crippen molar-refractivity contribution in [2.75, 3.05) is 5.75 Å². The van der Waals surface area contributed by atoms with Gasteiger partial charge < -0.3 is 31.8 Å². The fourth-order valence-corrected chi connectivity index (χ4v) is 3.71. The lowest BCUT2D eigenvalue weighted by atomic mass is 9.96. The molecule has 7 N–H and O–H groups in total. The Morgan fingerprint density at radius 2 is 1.69 bits per heavy atom. The summed E-state index contributed by atoms with van der Waals surface area (Å²) in [6.07, 6.45) is 3.95. The van der Waals surface area contributed by atoms with Crippen molar-refractivity contribution in [3.63, 3.8) is 0 Å². The van der Waals surface area contributed by atoms with E-state index in [0.29, 0.717) is 12.1 Å². The maximum Gasteiger partial charge on any atom is 0.327 e. The minimum absolute atomic E-state index is 0.118. The highest BCUT2D eigenvalue weighted by Crippen LogP contribution is 2.11. The van der Waals surface area contributed by atoms with Crippen molar-refractivity contribution in [2.45, 2.75) is 57.3 Å². The number of hydrogen-bond donors (Lipinski definition) is 7. The van der Waals surface area contributed by atoms with Gasteiger partial charge in [0.1, 0.15) is 18.1 Å². The second-order valence-corrected chi connectivity index (χ2v) is 8.96. The quantitative estimate of drug-likeness (QED) is 0.172. The third-order valence-electron chi connectivity index (χ3n) is 5.84. The van der Waals surface area contributed by atoms with Crippen LogP contribution in [0.4, 0.5) is 0 Å². The van der Waals surface area contributed by atoms with Gasteiger partial charge in [0.05, 0.1) is 12.4 Å². The Bertz CT molecular complexity index is 1000. The predicted molar refractivity (Wildman–Crippen MR) is 137 cm³/mol. The largest absolute Gasteiger partial charge is 0.480 e. The Hall–Kier alpha value is -3.38. The van der Waals surface area contributed by atoms with Gasteiger partial charge in [-0.1, -0.05) is 50.6 Å². The lowest BCUT2D eigenvalue weighted by Crippen LogP contribution is -2.59. The summed E-state index contributed by atoms with van der Waals surface area (Å²) in [7, 11) is 0. The minimum Gasteiger partial charge on any atom is -0.480 e. The summed E-state index contributed by atoms with van der Waals surface area (Å²) in [5, 5.41) is 17.1. The summed E-state index contributed by atoms with van der Waals surface area (Å²) in [5.74, 6) is -3.38. The number of nitrogens with two attached hydrogens (primary N) is 1. The van der Waals surface area contributed by atoms with Crippen molar-refractivity contribution >= 4 is 36.3 Å². The molecule has 0 spiro atoms. The Balaban J connectivity index is 2.18. The summed E-state index contributed by atoms with van der Waals surface area (Å²) >= 11 is 3.98. The maximum absolute atomic E-state index is 13.3. The average Bonchev–Trinajstić information content (AvgIpc) is 3.37. The number of aliphatic carboxylic acids is 1. The summed E-state index contributed by atoms with van der Waals surface area (Å²) in [5.41, 5.74) is 7.47. The van der Waals surface area contributed by atoms with E-state index in [1.54, 1.807) is 37.4 Å². The Morgan fingerprint density at radius 3 is 2.25 bits per heavy atom. The van der Waals surface area contributed by atoms with Gasteiger partial charge in [0.25, 0.3) is 0 Å². The van der Waals surface area contributed by atoms with E-state index in [1.807, 2.05) is 13.0 Å². The van der Waals surface area contributed by atoms with Crippen molar-refractivity contribution in [2.24, 2.45) is 11.7 Å². The van der Waals surface area contributed by atoms with Crippen LogP contribution in [0.15, 0.2) is 42.9 Å². The highest BCUT2D eigenvalue weighted by atomic mass is 32.1. The van der Waals surface area contributed by atoms with Crippen molar-refractivity contribution in [1.82, 2.24) is 25.9 Å². The van der Waals surface area contributed by atoms with E-state index in [9.17, 15) is 24.3 Å². The average molecular weight is 519 g/mol. The lowest BCUT2D eigenvalue weighted by molar-refractivity contribution is -0.141. The molecule has 5 unspecified atom stereocenters. The lowest BCUT2D eigenvalue weighted by Gasteiger charge is -2.28. The molecule has 1 aromatic carbocycles. The van der Waals surface area contributed by atoms with Crippen LogP contribution >= 0.6 is 12.6 Å². The number of carboxylic acid groups (broad SMARTS) is 1. The number of benzene rings is 1. The first-order valence-electron chi connectivity index (χ1n) is 11.7. The molecule has 1 heterocycles. The molecule has 3 amide bonds. The van der Waals surface area contributed by atoms with Gasteiger partial charge in [-0.25, -0.2) is 9.78 Å². The fraction of sp³-hybridized carbons (Fsp3) is 0.458. The summed E-state index contributed by atoms with van der Waals surface area (Å²) in [6, 6.07) is 4.82. The van der Waals surface area contributed by atoms with Crippen molar-refractivity contribution in [3.05, 3.63) is 54.1 Å². The van der Waals surface area contributed by atoms with Gasteiger partial charge in [-0.3, -0.25) is 14.4 Å². The van der Waals surface area contributed by atoms with Gasteiger partial charge >= 0.3 is 5.97 Å². The number of thiol groups is 1. The fourth-order valence-electron chi connectivity index (χ4n) is 3.47. The van der Waals surface area contributed by atoms with Crippen LogP contribution in [0.5, 0.6) is 0 Å². The highest BCUT2D eigenvalue weighted by Gasteiger charge is 2.32. The second kappa shape index (κ2) is 14.2. The first kappa shape index (κ1) is 28.9. The van der Waals surface area contributed by atoms with Gasteiger partial charge in [-0.05, 0) is 11.5 Å². The number of rotatable bonds is 14. The van der Waals surface area contributed by atoms with Crippen LogP contribution < -0.4 is 21.7 Å². The smallest absolute Gasteiger partial charge is 0.327 e. The number of aromatic nitrogens is 2. The van der Waals surface area contributed by atoms with E-state index < -0.39 is 47.9 Å². The molecule has 0 aliphatic rings. The predicted octanol–water partition coefficient (Wildman–Crippen LogP) is 0.0371. The van der Waals surface area contributed by atoms with E-state index in [0.717, 1.165) is 5.56 Å². The molecule has 0 saturated heterocycles. The number of imidazole rings is 1. The Kier molecular flexibility index (Phi) is 11.4. The standard InChI is InChI=1S/C24H34N6O5S/c1-3-14(2)20(30-21(31)17(25)10-16-11-26-13-27-16)23(33)28-18(9-15-7-5-4-6-8-15)22(32)29-19(12-36)24(34)35/h4-8,11,13-14,17-20,36H,3,9-10,12,25H2,1-2H3,(H,26,27)(H,28,33)(H,29,32)(H,30,31)(H,34,35). The van der Waals surface area contributed by atoms with E-state index in [-0.39, 0.29) is 24.5 Å². The van der Waals surface area contributed by atoms with Gasteiger partial charge in [-0.15, -0.1) is 0 Å². The van der Waals surface area contributed by atoms with E-state index in [1.165, 1.54) is 6.33 Å². The SMILES string of the molecule is CCC(C)C(NC(=O)C(N)Cc1cnc[nH]1)C(=O)NC(Cc1ccccc1)C(=O)NC(CS)C(=O)O. The molecule has 36 heavy (non-hydrogen) atoms. The molecule has 0 saturated carbocycles. The molecule has 5 atom stereocenters. The first-order chi connectivity index (χ1) is 17.2. The molecular formula is C24H34N6O5S. The van der Waals surface area contributed by atoms with Gasteiger partial charge in [0.15, 0.2) is 0 Å². The van der Waals surface area contributed by atoms with Crippen LogP contribution in [0.3, 0.4) is 0 Å². The molecule has 1 aromatic heterocycles. The van der Waals surface area contributed by atoms with Crippen LogP contribution in [0.1, 0.15) is 31.5 Å². The molecular weight excluding hydrogens is 484 g/mol. The van der Waals surface area contributed by atoms with Gasteiger partial charge in [-0.2, -0.15) is 12.6 Å². The van der Waals surface area contributed by atoms with E-state index in [2.05, 4.69) is 38.5 Å². The number of aromatic amines is 1. The molecule has 196 valence electrons. The molecule has 2 rings (SSSR count). The van der Waals surface area contributed by atoms with Crippen LogP contribution in [0.25, 0.3) is 0 Å². The topological polar surface area (TPSA) is 179 Å². The van der Waals surface area contributed by atoms with Crippen LogP contribution in [-0.2, 0) is 32.0 Å². The van der Waals surface area contributed by atoms with E-state index >= 15 is 0 Å². The zero-order chi connectivity index (χ0) is 26.7. The molecule has 2 aromatic rings. The van der Waals surface area contributed by atoms with E-state index in [4.69, 9.17) is 5.73 Å². The summed E-state index contributed by atoms with van der Waals surface area (Å²) in [4.78, 5) is 57.2. The highest BCUT2D eigenvalue weighted by molar-refractivity contribution is 7.80. The number of nitrogens with zero attached hydrogens (tertiary/aromatic N) is 1. The van der Waals surface area contributed by atoms with Gasteiger partial charge in [0, 0.05) is 30.5 Å². The second-order valence-electron chi connectivity index (χ2n) is 8.59. The summed E-state index contributed by atoms with van der Waals surface area (Å²) < 4.78 is 0. The molecule has 0 radical (unpaired) electrons. The number of hydrogen-bond acceptors (Lipinski definition) is 7. The Morgan fingerprint density at radius 1 is 1.03 bits per heavy atom. The van der Waals surface area contributed by atoms with Crippen LogP contribution in [0.2, 0.25) is 0 Å². The molecule has 12 heteroatoms. The number of amides is 3. The number of nitrogens with one attached hydrogen (secondary N) is 4. The van der Waals surface area contributed by atoms with Crippen molar-refractivity contribution < 1.29 is 24.3 Å². The Labute approximate surface area is 215 Å². The zero-order valence-electron chi connectivity index (χ0n) is 20.3. The number of carbonyl (C=O) groups excluding carboxylic acids is 3. The van der Waals surface area contributed by atoms with Gasteiger partial charge in [0.2, 0.25) is 17.7 Å². The molecule has 11 nitrogen and oxygen atoms in total. The molecule has 0 aliphatic carbocycles. The number of H-pyrrole nitrogens is 1. The third kappa shape index (κ3) is 8.68. The van der Waals surface area contributed by atoms with Crippen molar-refractivity contribution in [1.29, 1.82) is 0 Å². The van der Waals surface area contributed by atoms with Crippen LogP contribution in [0, 0.1) is 5.92 Å². The normalized spacial score (nSPS) is 15.1. The number of carboxylic acids is 1. The third-order valence-corrected chi connectivity index (χ3v) is 6.20. The maximum atomic E-state index is 13.3. The first-order valence-corrected chi connectivity index (χ1v) is 12.3. The molecule has 0 fully saturated rings. The zero-order valence-corrected chi connectivity index (χ0v) is 21.2. The molecule has 0 bridgehead atoms. The summed E-state index contributed by atoms with van der Waals surface area (Å²) in [6.45, 7) is 3.68. The van der Waals surface area contributed by atoms with Crippen LogP contribution in [-0.4, -0.2) is 68.7 Å². The number of carbonyl (C=O) groups is 4. The minimum atomic E-state index is -1.24. The monoisotopic (exact) mass is 518 g/mol.